The standard InChI is InChI=1S/C12H20N2O3S/c1-4-12(18(13,16)17)10-7-5-6-8-11(10)14(15)9(2)3/h5-9,12,15H,4H2,1-3H3,(H2,13,16,17). The number of anilines is 1. The summed E-state index contributed by atoms with van der Waals surface area (Å²) < 4.78 is 23.2. The average molecular weight is 272 g/mol. The van der Waals surface area contributed by atoms with Gasteiger partial charge in [0, 0.05) is 0 Å². The zero-order chi connectivity index (χ0) is 13.9. The fraction of sp³-hybridized carbons (Fsp3) is 0.500. The van der Waals surface area contributed by atoms with Gasteiger partial charge in [0.1, 0.15) is 5.25 Å². The number of rotatable bonds is 5. The van der Waals surface area contributed by atoms with E-state index in [-0.39, 0.29) is 6.04 Å². The fourth-order valence-corrected chi connectivity index (χ4v) is 2.89. The number of para-hydroxylation sites is 1. The Morgan fingerprint density at radius 3 is 2.33 bits per heavy atom. The third-order valence-corrected chi connectivity index (χ3v) is 4.17. The van der Waals surface area contributed by atoms with Crippen molar-refractivity contribution in [1.82, 2.24) is 0 Å². The molecule has 6 heteroatoms. The summed E-state index contributed by atoms with van der Waals surface area (Å²) in [6.07, 6.45) is 0.363. The lowest BCUT2D eigenvalue weighted by atomic mass is 10.1. The average Bonchev–Trinajstić information content (AvgIpc) is 2.27. The van der Waals surface area contributed by atoms with Gasteiger partial charge < -0.3 is 0 Å². The predicted octanol–water partition coefficient (Wildman–Crippen LogP) is 2.03. The lowest BCUT2D eigenvalue weighted by molar-refractivity contribution is 0.228. The van der Waals surface area contributed by atoms with Crippen LogP contribution in [-0.4, -0.2) is 19.7 Å². The molecule has 0 aliphatic carbocycles. The first-order chi connectivity index (χ1) is 8.29. The number of primary sulfonamides is 1. The van der Waals surface area contributed by atoms with Crippen LogP contribution in [0.25, 0.3) is 0 Å². The molecule has 0 saturated heterocycles. The monoisotopic (exact) mass is 272 g/mol. The number of nitrogens with zero attached hydrogens (tertiary/aromatic N) is 1. The molecule has 18 heavy (non-hydrogen) atoms. The van der Waals surface area contributed by atoms with Crippen LogP contribution in [0.5, 0.6) is 0 Å². The summed E-state index contributed by atoms with van der Waals surface area (Å²) in [5.74, 6) is 0. The third kappa shape index (κ3) is 3.22. The van der Waals surface area contributed by atoms with Gasteiger partial charge in [-0.1, -0.05) is 25.1 Å². The first kappa shape index (κ1) is 14.9. The molecule has 1 unspecified atom stereocenters. The Kier molecular flexibility index (Phi) is 4.72. The van der Waals surface area contributed by atoms with Crippen molar-refractivity contribution >= 4 is 15.7 Å². The van der Waals surface area contributed by atoms with Gasteiger partial charge in [0.2, 0.25) is 10.0 Å². The van der Waals surface area contributed by atoms with E-state index in [1.165, 1.54) is 0 Å². The molecule has 0 aliphatic rings. The van der Waals surface area contributed by atoms with E-state index in [1.807, 2.05) is 13.8 Å². The van der Waals surface area contributed by atoms with E-state index in [9.17, 15) is 13.6 Å². The Morgan fingerprint density at radius 1 is 1.33 bits per heavy atom. The van der Waals surface area contributed by atoms with Gasteiger partial charge in [-0.2, -0.15) is 0 Å². The van der Waals surface area contributed by atoms with Gasteiger partial charge in [-0.25, -0.2) is 13.6 Å². The molecule has 0 aromatic heterocycles. The van der Waals surface area contributed by atoms with E-state index < -0.39 is 15.3 Å². The summed E-state index contributed by atoms with van der Waals surface area (Å²) in [5.41, 5.74) is 1.01. The van der Waals surface area contributed by atoms with E-state index >= 15 is 0 Å². The second-order valence-corrected chi connectivity index (χ2v) is 6.23. The molecule has 102 valence electrons. The summed E-state index contributed by atoms with van der Waals surface area (Å²) in [7, 11) is -3.69. The maximum atomic E-state index is 11.6. The van der Waals surface area contributed by atoms with Gasteiger partial charge in [-0.05, 0) is 31.9 Å². The predicted molar refractivity (Wildman–Crippen MR) is 72.0 cm³/mol. The lowest BCUT2D eigenvalue weighted by Crippen LogP contribution is -2.29. The molecule has 0 aliphatic heterocycles. The molecule has 5 nitrogen and oxygen atoms in total. The van der Waals surface area contributed by atoms with Gasteiger partial charge >= 0.3 is 0 Å². The quantitative estimate of drug-likeness (QED) is 0.803. The highest BCUT2D eigenvalue weighted by Crippen LogP contribution is 2.32. The van der Waals surface area contributed by atoms with Crippen LogP contribution >= 0.6 is 0 Å². The highest BCUT2D eigenvalue weighted by Gasteiger charge is 2.26. The lowest BCUT2D eigenvalue weighted by Gasteiger charge is -2.26. The van der Waals surface area contributed by atoms with Crippen LogP contribution in [0.15, 0.2) is 24.3 Å². The summed E-state index contributed by atoms with van der Waals surface area (Å²) in [6, 6.07) is 6.70. The van der Waals surface area contributed by atoms with Crippen molar-refractivity contribution in [2.75, 3.05) is 5.06 Å². The Morgan fingerprint density at radius 2 is 1.89 bits per heavy atom. The number of sulfonamides is 1. The molecule has 1 aromatic carbocycles. The largest absolute Gasteiger partial charge is 0.288 e. The number of nitrogens with two attached hydrogens (primary N) is 1. The maximum absolute atomic E-state index is 11.6. The second kappa shape index (κ2) is 5.69. The van der Waals surface area contributed by atoms with Gasteiger partial charge in [0.25, 0.3) is 0 Å². The molecule has 0 amide bonds. The first-order valence-electron chi connectivity index (χ1n) is 5.87. The van der Waals surface area contributed by atoms with Gasteiger partial charge in [-0.3, -0.25) is 10.3 Å². The second-order valence-electron chi connectivity index (χ2n) is 4.48. The van der Waals surface area contributed by atoms with E-state index in [2.05, 4.69) is 0 Å². The number of hydrogen-bond acceptors (Lipinski definition) is 4. The van der Waals surface area contributed by atoms with Crippen molar-refractivity contribution < 1.29 is 13.6 Å². The first-order valence-corrected chi connectivity index (χ1v) is 7.48. The molecule has 1 aromatic rings. The van der Waals surface area contributed by atoms with Crippen LogP contribution in [-0.2, 0) is 10.0 Å². The SMILES string of the molecule is CCC(c1ccccc1N(O)C(C)C)S(N)(=O)=O. The Bertz CT molecular complexity index is 500. The summed E-state index contributed by atoms with van der Waals surface area (Å²) >= 11 is 0. The van der Waals surface area contributed by atoms with Crippen molar-refractivity contribution in [3.8, 4) is 0 Å². The normalized spacial score (nSPS) is 13.7. The van der Waals surface area contributed by atoms with Crippen molar-refractivity contribution in [3.05, 3.63) is 29.8 Å². The minimum absolute atomic E-state index is 0.149. The van der Waals surface area contributed by atoms with Crippen LogP contribution in [0.1, 0.15) is 38.0 Å². The molecular weight excluding hydrogens is 252 g/mol. The molecule has 0 fully saturated rings. The molecule has 0 heterocycles. The third-order valence-electron chi connectivity index (χ3n) is 2.79. The van der Waals surface area contributed by atoms with Crippen molar-refractivity contribution in [2.24, 2.45) is 5.14 Å². The van der Waals surface area contributed by atoms with Crippen LogP contribution in [0.3, 0.4) is 0 Å². The Labute approximate surface area is 108 Å². The number of hydrogen-bond donors (Lipinski definition) is 2. The van der Waals surface area contributed by atoms with Crippen LogP contribution in [0, 0.1) is 0 Å². The Balaban J connectivity index is 3.32. The topological polar surface area (TPSA) is 83.6 Å². The smallest absolute Gasteiger partial charge is 0.216 e. The van der Waals surface area contributed by atoms with Gasteiger partial charge in [0.05, 0.1) is 11.7 Å². The molecule has 0 saturated carbocycles. The highest BCUT2D eigenvalue weighted by atomic mass is 32.2. The summed E-state index contributed by atoms with van der Waals surface area (Å²) in [4.78, 5) is 0. The van der Waals surface area contributed by atoms with Crippen molar-refractivity contribution in [1.29, 1.82) is 0 Å². The van der Waals surface area contributed by atoms with Crippen LogP contribution < -0.4 is 10.2 Å². The van der Waals surface area contributed by atoms with Crippen molar-refractivity contribution in [3.63, 3.8) is 0 Å². The van der Waals surface area contributed by atoms with Gasteiger partial charge in [-0.15, -0.1) is 0 Å². The molecule has 0 bridgehead atoms. The van der Waals surface area contributed by atoms with E-state index in [1.54, 1.807) is 31.2 Å². The molecule has 1 atom stereocenters. The van der Waals surface area contributed by atoms with E-state index in [4.69, 9.17) is 5.14 Å². The van der Waals surface area contributed by atoms with E-state index in [0.717, 1.165) is 5.06 Å². The summed E-state index contributed by atoms with van der Waals surface area (Å²) in [5, 5.41) is 15.5. The van der Waals surface area contributed by atoms with E-state index in [0.29, 0.717) is 17.7 Å². The van der Waals surface area contributed by atoms with Crippen LogP contribution in [0.2, 0.25) is 0 Å². The van der Waals surface area contributed by atoms with Crippen molar-refractivity contribution in [2.45, 2.75) is 38.5 Å². The molecule has 0 spiro atoms. The minimum atomic E-state index is -3.69. The zero-order valence-electron chi connectivity index (χ0n) is 10.9. The highest BCUT2D eigenvalue weighted by molar-refractivity contribution is 7.89. The number of hydroxylamine groups is 1. The molecule has 0 radical (unpaired) electrons. The minimum Gasteiger partial charge on any atom is -0.288 e. The zero-order valence-corrected chi connectivity index (χ0v) is 11.7. The molecular formula is C12H20N2O3S. The Hall–Kier alpha value is -1.11. The maximum Gasteiger partial charge on any atom is 0.216 e. The molecule has 3 N–H and O–H groups in total. The number of benzene rings is 1. The molecule has 1 rings (SSSR count). The van der Waals surface area contributed by atoms with Crippen LogP contribution in [0.4, 0.5) is 5.69 Å². The summed E-state index contributed by atoms with van der Waals surface area (Å²) in [6.45, 7) is 5.38. The fourth-order valence-electron chi connectivity index (χ4n) is 1.88. The van der Waals surface area contributed by atoms with Gasteiger partial charge in [0.15, 0.2) is 0 Å².